The molecule has 0 radical (unpaired) electrons. The van der Waals surface area contributed by atoms with E-state index in [2.05, 4.69) is 9.47 Å². The SMILES string of the molecule is CC(=O)OCC1=C(C(=O)N2CCCC2OC(=O)O)N2C(=O)C(NC(=O)C(F)(F)F)C2S(=O)(=O)C1=O. The summed E-state index contributed by atoms with van der Waals surface area (Å²) in [5.41, 5.74) is -1.92. The van der Waals surface area contributed by atoms with Crippen molar-refractivity contribution in [3.8, 4) is 0 Å². The summed E-state index contributed by atoms with van der Waals surface area (Å²) >= 11 is 0. The predicted octanol–water partition coefficient (Wildman–Crippen LogP) is -1.38. The van der Waals surface area contributed by atoms with Gasteiger partial charge in [0.05, 0.1) is 5.57 Å². The Morgan fingerprint density at radius 2 is 1.83 bits per heavy atom. The summed E-state index contributed by atoms with van der Waals surface area (Å²) in [5.74, 6) is -6.40. The number of carboxylic acid groups (broad SMARTS) is 1. The molecule has 2 saturated heterocycles. The molecular weight excluding hydrogens is 511 g/mol. The Morgan fingerprint density at radius 1 is 1.20 bits per heavy atom. The standard InChI is InChI=1S/C17H16F3N3O11S/c1-6(24)33-5-7-10(12(26)22-4-2-3-8(22)34-16(29)30)23-11(25)9(21-15(28)17(18,19)20)13(23)35(31,32)14(7)27/h8-9,13H,2-5H2,1H3,(H,21,28)(H,29,30). The summed E-state index contributed by atoms with van der Waals surface area (Å²) < 4.78 is 72.6. The topological polar surface area (TPSA) is 194 Å². The second-order valence-corrected chi connectivity index (χ2v) is 9.41. The van der Waals surface area contributed by atoms with Crippen LogP contribution in [0.1, 0.15) is 19.8 Å². The van der Waals surface area contributed by atoms with Gasteiger partial charge in [-0.05, 0) is 6.42 Å². The van der Waals surface area contributed by atoms with Gasteiger partial charge in [-0.3, -0.25) is 28.9 Å². The number of halogens is 3. The largest absolute Gasteiger partial charge is 0.507 e. The van der Waals surface area contributed by atoms with E-state index in [1.54, 1.807) is 0 Å². The molecule has 0 bridgehead atoms. The Labute approximate surface area is 193 Å². The zero-order valence-corrected chi connectivity index (χ0v) is 18.3. The third-order valence-corrected chi connectivity index (χ3v) is 7.14. The number of carbonyl (C=O) groups is 6. The molecule has 3 unspecified atom stereocenters. The molecule has 3 rings (SSSR count). The molecule has 3 heterocycles. The van der Waals surface area contributed by atoms with Crippen LogP contribution in [-0.2, 0) is 43.3 Å². The number of β-lactam (4-membered cyclic amide) rings is 1. The molecule has 0 saturated carbocycles. The minimum Gasteiger partial charge on any atom is -0.461 e. The number of amides is 3. The van der Waals surface area contributed by atoms with Gasteiger partial charge < -0.3 is 24.8 Å². The van der Waals surface area contributed by atoms with Crippen molar-refractivity contribution < 1.29 is 64.9 Å². The number of nitrogens with one attached hydrogen (secondary N) is 1. The van der Waals surface area contributed by atoms with Crippen molar-refractivity contribution in [3.63, 3.8) is 0 Å². The van der Waals surface area contributed by atoms with Crippen molar-refractivity contribution in [3.05, 3.63) is 11.3 Å². The molecule has 0 aliphatic carbocycles. The second kappa shape index (κ2) is 8.82. The zero-order valence-electron chi connectivity index (χ0n) is 17.5. The molecule has 0 aromatic carbocycles. The number of esters is 1. The molecular formula is C17H16F3N3O11S. The first-order valence-corrected chi connectivity index (χ1v) is 11.2. The summed E-state index contributed by atoms with van der Waals surface area (Å²) in [4.78, 5) is 73.1. The van der Waals surface area contributed by atoms with Gasteiger partial charge in [-0.25, -0.2) is 13.2 Å². The highest BCUT2D eigenvalue weighted by Gasteiger charge is 2.65. The fourth-order valence-electron chi connectivity index (χ4n) is 3.78. The number of nitrogens with zero attached hydrogens (tertiary/aromatic N) is 2. The van der Waals surface area contributed by atoms with Gasteiger partial charge in [-0.2, -0.15) is 13.2 Å². The van der Waals surface area contributed by atoms with Gasteiger partial charge in [0.2, 0.25) is 9.84 Å². The second-order valence-electron chi connectivity index (χ2n) is 7.47. The lowest BCUT2D eigenvalue weighted by Crippen LogP contribution is -2.76. The van der Waals surface area contributed by atoms with Gasteiger partial charge >= 0.3 is 24.2 Å². The lowest BCUT2D eigenvalue weighted by Gasteiger charge is -2.49. The maximum Gasteiger partial charge on any atom is 0.507 e. The highest BCUT2D eigenvalue weighted by Crippen LogP contribution is 2.39. The summed E-state index contributed by atoms with van der Waals surface area (Å²) in [6, 6.07) is -2.35. The lowest BCUT2D eigenvalue weighted by molar-refractivity contribution is -0.177. The maximum absolute atomic E-state index is 13.3. The number of hydrogen-bond donors (Lipinski definition) is 2. The number of likely N-dealkylation sites (tertiary alicyclic amines) is 1. The summed E-state index contributed by atoms with van der Waals surface area (Å²) in [6.45, 7) is -0.354. The number of fused-ring (bicyclic) bond motifs is 1. The average molecular weight is 527 g/mol. The molecule has 3 amide bonds. The van der Waals surface area contributed by atoms with E-state index in [0.717, 1.165) is 11.8 Å². The van der Waals surface area contributed by atoms with Crippen molar-refractivity contribution >= 4 is 44.8 Å². The van der Waals surface area contributed by atoms with Gasteiger partial charge in [0.1, 0.15) is 18.3 Å². The third kappa shape index (κ3) is 4.52. The van der Waals surface area contributed by atoms with E-state index in [-0.39, 0.29) is 24.3 Å². The van der Waals surface area contributed by atoms with Crippen LogP contribution in [-0.4, -0.2) is 95.3 Å². The number of hydrogen-bond acceptors (Lipinski definition) is 10. The highest BCUT2D eigenvalue weighted by atomic mass is 32.2. The van der Waals surface area contributed by atoms with Crippen LogP contribution in [0.15, 0.2) is 11.3 Å². The molecule has 35 heavy (non-hydrogen) atoms. The van der Waals surface area contributed by atoms with Crippen LogP contribution in [0.5, 0.6) is 0 Å². The van der Waals surface area contributed by atoms with Crippen LogP contribution in [0.2, 0.25) is 0 Å². The smallest absolute Gasteiger partial charge is 0.461 e. The van der Waals surface area contributed by atoms with E-state index in [1.165, 1.54) is 5.32 Å². The normalized spacial score (nSPS) is 25.5. The van der Waals surface area contributed by atoms with Crippen LogP contribution in [0, 0.1) is 0 Å². The molecule has 3 aliphatic rings. The monoisotopic (exact) mass is 527 g/mol. The molecule has 192 valence electrons. The zero-order chi connectivity index (χ0) is 26.5. The summed E-state index contributed by atoms with van der Waals surface area (Å²) in [5, 5.41) is 5.84. The van der Waals surface area contributed by atoms with E-state index in [1.807, 2.05) is 0 Å². The maximum atomic E-state index is 13.3. The number of carbonyl (C=O) groups excluding carboxylic acids is 5. The van der Waals surface area contributed by atoms with E-state index < -0.39 is 86.5 Å². The molecule has 2 fully saturated rings. The van der Waals surface area contributed by atoms with Gasteiger partial charge in [0.15, 0.2) is 11.6 Å². The van der Waals surface area contributed by atoms with E-state index in [9.17, 15) is 50.4 Å². The molecule has 3 aliphatic heterocycles. The number of alkyl halides is 3. The number of rotatable bonds is 5. The highest BCUT2D eigenvalue weighted by molar-refractivity contribution is 8.07. The minimum absolute atomic E-state index is 0.0124. The van der Waals surface area contributed by atoms with Crippen molar-refractivity contribution in [1.82, 2.24) is 15.1 Å². The molecule has 0 aromatic heterocycles. The average Bonchev–Trinajstić information content (AvgIpc) is 3.18. The number of ether oxygens (including phenoxy) is 2. The van der Waals surface area contributed by atoms with Gasteiger partial charge in [-0.1, -0.05) is 0 Å². The predicted molar refractivity (Wildman–Crippen MR) is 100 cm³/mol. The Kier molecular flexibility index (Phi) is 6.53. The first-order chi connectivity index (χ1) is 16.1. The Morgan fingerprint density at radius 3 is 2.37 bits per heavy atom. The van der Waals surface area contributed by atoms with Crippen LogP contribution in [0.25, 0.3) is 0 Å². The molecule has 0 aromatic rings. The van der Waals surface area contributed by atoms with Crippen molar-refractivity contribution in [2.24, 2.45) is 0 Å². The van der Waals surface area contributed by atoms with Gasteiger partial charge in [0, 0.05) is 19.9 Å². The molecule has 0 spiro atoms. The van der Waals surface area contributed by atoms with Crippen LogP contribution in [0.3, 0.4) is 0 Å². The van der Waals surface area contributed by atoms with Crippen molar-refractivity contribution in [2.75, 3.05) is 13.2 Å². The van der Waals surface area contributed by atoms with Gasteiger partial charge in [-0.15, -0.1) is 0 Å². The first-order valence-electron chi connectivity index (χ1n) is 9.65. The van der Waals surface area contributed by atoms with Crippen LogP contribution < -0.4 is 5.32 Å². The summed E-state index contributed by atoms with van der Waals surface area (Å²) in [7, 11) is -5.16. The minimum atomic E-state index is -5.49. The van der Waals surface area contributed by atoms with E-state index in [0.29, 0.717) is 0 Å². The molecule has 2 N–H and O–H groups in total. The van der Waals surface area contributed by atoms with Crippen molar-refractivity contribution in [1.29, 1.82) is 0 Å². The fourth-order valence-corrected chi connectivity index (χ4v) is 5.52. The van der Waals surface area contributed by atoms with Crippen LogP contribution >= 0.6 is 0 Å². The van der Waals surface area contributed by atoms with E-state index >= 15 is 0 Å². The summed E-state index contributed by atoms with van der Waals surface area (Å²) in [6.07, 6.45) is -8.41. The Bertz CT molecular complexity index is 1160. The lowest BCUT2D eigenvalue weighted by atomic mass is 10.0. The molecule has 3 atom stereocenters. The van der Waals surface area contributed by atoms with Crippen LogP contribution in [0.4, 0.5) is 18.0 Å². The van der Waals surface area contributed by atoms with Gasteiger partial charge in [0.25, 0.3) is 16.9 Å². The fraction of sp³-hybridized carbons (Fsp3) is 0.529. The quantitative estimate of drug-likeness (QED) is 0.316. The molecule has 18 heteroatoms. The van der Waals surface area contributed by atoms with Crippen molar-refractivity contribution in [2.45, 2.75) is 43.6 Å². The molecule has 14 nitrogen and oxygen atoms in total. The number of sulfone groups is 1. The van der Waals surface area contributed by atoms with E-state index in [4.69, 9.17) is 5.11 Å². The third-order valence-electron chi connectivity index (χ3n) is 5.25. The first kappa shape index (κ1) is 25.9. The Hall–Kier alpha value is -3.70. The Balaban J connectivity index is 2.08.